The van der Waals surface area contributed by atoms with E-state index in [-0.39, 0.29) is 5.92 Å². The first-order valence-electron chi connectivity index (χ1n) is 11.5. The summed E-state index contributed by atoms with van der Waals surface area (Å²) in [6.07, 6.45) is 1.67. The Morgan fingerprint density at radius 2 is 1.83 bits per heavy atom. The van der Waals surface area contributed by atoms with Crippen LogP contribution < -0.4 is 14.2 Å². The lowest BCUT2D eigenvalue weighted by Crippen LogP contribution is -2.15. The zero-order valence-corrected chi connectivity index (χ0v) is 20.3. The molecular formula is C28H20N4O3S. The minimum atomic E-state index is -0.204. The van der Waals surface area contributed by atoms with Gasteiger partial charge in [-0.05, 0) is 34.5 Å². The Hall–Kier alpha value is -4.43. The molecule has 1 unspecified atom stereocenters. The fraction of sp³-hybridized carbons (Fsp3) is 0.107. The second-order valence-corrected chi connectivity index (χ2v) is 9.45. The molecule has 0 saturated heterocycles. The number of methoxy groups -OCH3 is 2. The van der Waals surface area contributed by atoms with Crippen LogP contribution >= 0.6 is 11.3 Å². The summed E-state index contributed by atoms with van der Waals surface area (Å²) < 4.78 is 19.4. The Labute approximate surface area is 210 Å². The van der Waals surface area contributed by atoms with Gasteiger partial charge < -0.3 is 14.2 Å². The zero-order valence-electron chi connectivity index (χ0n) is 19.5. The first-order valence-corrected chi connectivity index (χ1v) is 12.3. The van der Waals surface area contributed by atoms with Crippen LogP contribution in [-0.4, -0.2) is 33.8 Å². The summed E-state index contributed by atoms with van der Waals surface area (Å²) in [5.74, 6) is 3.11. The first-order chi connectivity index (χ1) is 17.7. The number of ether oxygens (including phenoxy) is 3. The van der Waals surface area contributed by atoms with Gasteiger partial charge in [0.15, 0.2) is 23.0 Å². The van der Waals surface area contributed by atoms with Gasteiger partial charge in [-0.3, -0.25) is 0 Å². The molecule has 3 aromatic heterocycles. The molecule has 176 valence electrons. The maximum atomic E-state index is 6.51. The van der Waals surface area contributed by atoms with Crippen LogP contribution in [0.25, 0.3) is 27.1 Å². The highest BCUT2D eigenvalue weighted by atomic mass is 32.1. The molecule has 4 heterocycles. The second-order valence-electron chi connectivity index (χ2n) is 8.50. The van der Waals surface area contributed by atoms with Gasteiger partial charge in [0.25, 0.3) is 0 Å². The summed E-state index contributed by atoms with van der Waals surface area (Å²) in [6.45, 7) is 0. The molecule has 0 fully saturated rings. The van der Waals surface area contributed by atoms with Gasteiger partial charge >= 0.3 is 0 Å². The fourth-order valence-corrected chi connectivity index (χ4v) is 5.59. The molecule has 0 saturated carbocycles. The van der Waals surface area contributed by atoms with Crippen molar-refractivity contribution in [1.82, 2.24) is 19.6 Å². The van der Waals surface area contributed by atoms with E-state index in [0.29, 0.717) is 28.9 Å². The molecule has 1 aliphatic rings. The van der Waals surface area contributed by atoms with Crippen LogP contribution in [0.1, 0.15) is 22.6 Å². The molecule has 0 N–H and O–H groups in total. The monoisotopic (exact) mass is 492 g/mol. The molecule has 0 aliphatic carbocycles. The Balaban J connectivity index is 1.53. The first kappa shape index (κ1) is 20.9. The number of benzene rings is 3. The van der Waals surface area contributed by atoms with Crippen molar-refractivity contribution < 1.29 is 14.2 Å². The van der Waals surface area contributed by atoms with Gasteiger partial charge in [-0.1, -0.05) is 48.5 Å². The summed E-state index contributed by atoms with van der Waals surface area (Å²) in [5, 5.41) is 8.87. The van der Waals surface area contributed by atoms with E-state index in [1.54, 1.807) is 36.4 Å². The van der Waals surface area contributed by atoms with E-state index >= 15 is 0 Å². The lowest BCUT2D eigenvalue weighted by Gasteiger charge is -2.29. The second kappa shape index (κ2) is 8.07. The third kappa shape index (κ3) is 3.08. The van der Waals surface area contributed by atoms with Gasteiger partial charge in [0, 0.05) is 16.9 Å². The van der Waals surface area contributed by atoms with Gasteiger partial charge in [-0.15, -0.1) is 16.4 Å². The predicted octanol–water partition coefficient (Wildman–Crippen LogP) is 6.31. The van der Waals surface area contributed by atoms with E-state index in [2.05, 4.69) is 35.3 Å². The minimum Gasteiger partial charge on any atom is -0.493 e. The number of aromatic nitrogens is 4. The molecular weight excluding hydrogens is 472 g/mol. The summed E-state index contributed by atoms with van der Waals surface area (Å²) in [6, 6.07) is 22.5. The third-order valence-electron chi connectivity index (χ3n) is 6.58. The van der Waals surface area contributed by atoms with Crippen molar-refractivity contribution in [2.45, 2.75) is 5.92 Å². The highest BCUT2D eigenvalue weighted by molar-refractivity contribution is 7.13. The number of rotatable bonds is 4. The molecule has 8 heteroatoms. The van der Waals surface area contributed by atoms with Crippen molar-refractivity contribution in [3.05, 3.63) is 95.1 Å². The average Bonchev–Trinajstić information content (AvgIpc) is 3.61. The fourth-order valence-electron chi connectivity index (χ4n) is 4.94. The standard InChI is InChI=1S/C28H20N4O3S/c1-33-20-12-10-17(14-21(20)34-2)23-19-11-9-16-6-3-4-7-18(16)25(19)35-28-24(23)27-30-26(22-8-5-13-36-22)31-32(27)15-29-28/h3-15,23H,1-2H3. The van der Waals surface area contributed by atoms with E-state index in [0.717, 1.165) is 38.1 Å². The number of nitrogens with zero attached hydrogens (tertiary/aromatic N) is 4. The van der Waals surface area contributed by atoms with Crippen LogP contribution in [0.5, 0.6) is 23.1 Å². The third-order valence-corrected chi connectivity index (χ3v) is 7.44. The smallest absolute Gasteiger partial charge is 0.228 e. The predicted molar refractivity (Wildman–Crippen MR) is 139 cm³/mol. The van der Waals surface area contributed by atoms with E-state index in [4.69, 9.17) is 24.3 Å². The number of hydrogen-bond donors (Lipinski definition) is 0. The van der Waals surface area contributed by atoms with Gasteiger partial charge in [0.1, 0.15) is 12.1 Å². The minimum absolute atomic E-state index is 0.204. The van der Waals surface area contributed by atoms with Crippen LogP contribution in [0.3, 0.4) is 0 Å². The average molecular weight is 493 g/mol. The van der Waals surface area contributed by atoms with Gasteiger partial charge in [-0.2, -0.15) is 0 Å². The van der Waals surface area contributed by atoms with Crippen LogP contribution in [0.4, 0.5) is 0 Å². The van der Waals surface area contributed by atoms with Crippen molar-refractivity contribution in [2.24, 2.45) is 0 Å². The van der Waals surface area contributed by atoms with Crippen molar-refractivity contribution >= 4 is 27.8 Å². The summed E-state index contributed by atoms with van der Waals surface area (Å²) in [5.41, 5.74) is 3.62. The number of fused-ring (bicyclic) bond motifs is 6. The highest BCUT2D eigenvalue weighted by Gasteiger charge is 2.35. The lowest BCUT2D eigenvalue weighted by atomic mass is 9.82. The maximum absolute atomic E-state index is 6.51. The molecule has 7 nitrogen and oxygen atoms in total. The van der Waals surface area contributed by atoms with Gasteiger partial charge in [0.05, 0.1) is 24.7 Å². The van der Waals surface area contributed by atoms with E-state index < -0.39 is 0 Å². The Kier molecular flexibility index (Phi) is 4.68. The SMILES string of the molecule is COc1ccc(C2c3ccc4ccccc4c3Oc3ncn4nc(-c5cccs5)nc4c32)cc1OC. The molecule has 36 heavy (non-hydrogen) atoms. The summed E-state index contributed by atoms with van der Waals surface area (Å²) in [4.78, 5) is 10.6. The van der Waals surface area contributed by atoms with Crippen molar-refractivity contribution in [1.29, 1.82) is 0 Å². The lowest BCUT2D eigenvalue weighted by molar-refractivity contribution is 0.354. The molecule has 6 aromatic rings. The molecule has 0 amide bonds. The molecule has 0 spiro atoms. The number of hydrogen-bond acceptors (Lipinski definition) is 7. The number of thiophene rings is 1. The van der Waals surface area contributed by atoms with E-state index in [1.165, 1.54) is 0 Å². The topological polar surface area (TPSA) is 70.8 Å². The van der Waals surface area contributed by atoms with Gasteiger partial charge in [0.2, 0.25) is 5.88 Å². The van der Waals surface area contributed by atoms with E-state index in [1.807, 2.05) is 41.8 Å². The molecule has 3 aromatic carbocycles. The van der Waals surface area contributed by atoms with E-state index in [9.17, 15) is 0 Å². The normalized spacial score (nSPS) is 14.3. The van der Waals surface area contributed by atoms with Gasteiger partial charge in [-0.25, -0.2) is 14.5 Å². The largest absolute Gasteiger partial charge is 0.493 e. The van der Waals surface area contributed by atoms with Crippen LogP contribution in [0.2, 0.25) is 0 Å². The molecule has 7 rings (SSSR count). The molecule has 1 aliphatic heterocycles. The maximum Gasteiger partial charge on any atom is 0.228 e. The molecule has 0 radical (unpaired) electrons. The van der Waals surface area contributed by atoms with Crippen molar-refractivity contribution in [3.8, 4) is 33.8 Å². The Morgan fingerprint density at radius 1 is 0.944 bits per heavy atom. The summed E-state index contributed by atoms with van der Waals surface area (Å²) in [7, 11) is 3.28. The Morgan fingerprint density at radius 3 is 2.67 bits per heavy atom. The van der Waals surface area contributed by atoms with Crippen molar-refractivity contribution in [3.63, 3.8) is 0 Å². The Bertz CT molecular complexity index is 1760. The summed E-state index contributed by atoms with van der Waals surface area (Å²) >= 11 is 1.60. The van der Waals surface area contributed by atoms with Crippen LogP contribution in [0, 0.1) is 0 Å². The molecule has 1 atom stereocenters. The highest BCUT2D eigenvalue weighted by Crippen LogP contribution is 2.51. The van der Waals surface area contributed by atoms with Crippen LogP contribution in [0.15, 0.2) is 78.4 Å². The quantitative estimate of drug-likeness (QED) is 0.287. The van der Waals surface area contributed by atoms with Crippen molar-refractivity contribution in [2.75, 3.05) is 14.2 Å². The zero-order chi connectivity index (χ0) is 24.2. The molecule has 0 bridgehead atoms. The van der Waals surface area contributed by atoms with Crippen LogP contribution in [-0.2, 0) is 0 Å².